The van der Waals surface area contributed by atoms with Crippen LogP contribution in [0, 0.1) is 0 Å². The maximum atomic E-state index is 13.0. The molecule has 2 saturated heterocycles. The van der Waals surface area contributed by atoms with Gasteiger partial charge in [-0.3, -0.25) is 19.3 Å². The van der Waals surface area contributed by atoms with Crippen LogP contribution in [0.5, 0.6) is 0 Å². The van der Waals surface area contributed by atoms with Crippen molar-refractivity contribution in [2.45, 2.75) is 55.7 Å². The van der Waals surface area contributed by atoms with Crippen molar-refractivity contribution in [1.82, 2.24) is 15.2 Å². The smallest absolute Gasteiger partial charge is 0.276 e. The average molecular weight is 514 g/mol. The van der Waals surface area contributed by atoms with Crippen molar-refractivity contribution in [3.63, 3.8) is 0 Å². The Morgan fingerprint density at radius 1 is 1.45 bits per heavy atom. The summed E-state index contributed by atoms with van der Waals surface area (Å²) in [5, 5.41) is 15.3. The molecule has 178 valence electrons. The van der Waals surface area contributed by atoms with Crippen LogP contribution in [0.3, 0.4) is 0 Å². The second-order valence-corrected chi connectivity index (χ2v) is 10.9. The van der Waals surface area contributed by atoms with Gasteiger partial charge in [0.05, 0.1) is 12.7 Å². The topological polar surface area (TPSA) is 156 Å². The first kappa shape index (κ1) is 24.0. The SMILES string of the molecule is CC1S[C@@H]2C(NC(=O)/C(=N\O)c3csc(N)n3)C(=O)N2C(C(=O)S)=C1C1CCOC(C)(C)O1. The lowest BCUT2D eigenvalue weighted by Gasteiger charge is -2.52. The minimum Gasteiger partial charge on any atom is -0.410 e. The van der Waals surface area contributed by atoms with E-state index in [1.54, 1.807) is 13.8 Å². The molecule has 0 aliphatic carbocycles. The number of ether oxygens (including phenoxy) is 2. The number of carbonyl (C=O) groups excluding carboxylic acids is 3. The molecule has 2 amide bonds. The van der Waals surface area contributed by atoms with Crippen molar-refractivity contribution < 1.29 is 29.1 Å². The number of nitrogen functional groups attached to an aromatic ring is 1. The highest BCUT2D eigenvalue weighted by Gasteiger charge is 2.56. The summed E-state index contributed by atoms with van der Waals surface area (Å²) in [6.45, 7) is 5.96. The van der Waals surface area contributed by atoms with E-state index < -0.39 is 40.2 Å². The van der Waals surface area contributed by atoms with Gasteiger partial charge in [0.2, 0.25) is 5.12 Å². The van der Waals surface area contributed by atoms with E-state index in [0.29, 0.717) is 18.6 Å². The fourth-order valence-electron chi connectivity index (χ4n) is 4.11. The first-order chi connectivity index (χ1) is 15.5. The Morgan fingerprint density at radius 3 is 2.76 bits per heavy atom. The molecule has 0 saturated carbocycles. The zero-order valence-electron chi connectivity index (χ0n) is 18.0. The number of nitrogens with one attached hydrogen (secondary N) is 1. The Kier molecular flexibility index (Phi) is 6.48. The van der Waals surface area contributed by atoms with Crippen LogP contribution in [0.25, 0.3) is 0 Å². The molecule has 3 aliphatic rings. The molecule has 4 heterocycles. The minimum absolute atomic E-state index is 0.0958. The number of carbonyl (C=O) groups is 3. The van der Waals surface area contributed by atoms with Gasteiger partial charge in [-0.2, -0.15) is 0 Å². The van der Waals surface area contributed by atoms with Gasteiger partial charge in [-0.15, -0.1) is 23.1 Å². The van der Waals surface area contributed by atoms with Crippen LogP contribution in [0.4, 0.5) is 5.13 Å². The molecule has 0 bridgehead atoms. The Bertz CT molecular complexity index is 1070. The number of fused-ring (bicyclic) bond motifs is 1. The first-order valence-electron chi connectivity index (χ1n) is 10.1. The maximum absolute atomic E-state index is 13.0. The summed E-state index contributed by atoms with van der Waals surface area (Å²) in [5.74, 6) is -2.07. The fourth-order valence-corrected chi connectivity index (χ4v) is 6.40. The largest absolute Gasteiger partial charge is 0.410 e. The quantitative estimate of drug-likeness (QED) is 0.148. The van der Waals surface area contributed by atoms with Gasteiger partial charge in [-0.05, 0) is 26.3 Å². The predicted molar refractivity (Wildman–Crippen MR) is 125 cm³/mol. The molecule has 14 heteroatoms. The van der Waals surface area contributed by atoms with Crippen LogP contribution < -0.4 is 11.1 Å². The van der Waals surface area contributed by atoms with Crippen LogP contribution in [0.2, 0.25) is 0 Å². The number of amides is 2. The number of thioether (sulfide) groups is 1. The molecule has 4 N–H and O–H groups in total. The zero-order chi connectivity index (χ0) is 24.1. The second kappa shape index (κ2) is 8.91. The molecule has 33 heavy (non-hydrogen) atoms. The molecule has 4 rings (SSSR count). The van der Waals surface area contributed by atoms with Crippen LogP contribution in [-0.4, -0.2) is 72.9 Å². The van der Waals surface area contributed by atoms with Crippen molar-refractivity contribution in [2.75, 3.05) is 12.3 Å². The highest BCUT2D eigenvalue weighted by atomic mass is 32.2. The van der Waals surface area contributed by atoms with E-state index in [9.17, 15) is 19.6 Å². The summed E-state index contributed by atoms with van der Waals surface area (Å²) in [6, 6.07) is -0.922. The van der Waals surface area contributed by atoms with E-state index in [2.05, 4.69) is 28.1 Å². The summed E-state index contributed by atoms with van der Waals surface area (Å²) in [4.78, 5) is 43.5. The number of thiazole rings is 1. The average Bonchev–Trinajstić information content (AvgIpc) is 3.16. The van der Waals surface area contributed by atoms with E-state index in [1.807, 2.05) is 6.92 Å². The molecule has 3 aliphatic heterocycles. The van der Waals surface area contributed by atoms with Crippen LogP contribution in [0.1, 0.15) is 32.9 Å². The number of β-lactam (4-membered cyclic amide) rings is 1. The normalized spacial score (nSPS) is 29.4. The van der Waals surface area contributed by atoms with Gasteiger partial charge < -0.3 is 25.7 Å². The molecule has 11 nitrogen and oxygen atoms in total. The van der Waals surface area contributed by atoms with Gasteiger partial charge in [0.25, 0.3) is 11.8 Å². The molecule has 2 fully saturated rings. The number of rotatable bonds is 5. The molecule has 0 aromatic carbocycles. The van der Waals surface area contributed by atoms with Crippen molar-refractivity contribution in [1.29, 1.82) is 0 Å². The van der Waals surface area contributed by atoms with Crippen molar-refractivity contribution in [3.8, 4) is 0 Å². The number of hydrogen-bond donors (Lipinski definition) is 4. The summed E-state index contributed by atoms with van der Waals surface area (Å²) in [5.41, 5.74) is 6.18. The highest BCUT2D eigenvalue weighted by molar-refractivity contribution is 8.01. The lowest BCUT2D eigenvalue weighted by atomic mass is 9.95. The van der Waals surface area contributed by atoms with E-state index in [0.717, 1.165) is 11.3 Å². The second-order valence-electron chi connectivity index (χ2n) is 8.10. The van der Waals surface area contributed by atoms with Gasteiger partial charge in [-0.25, -0.2) is 4.98 Å². The standard InChI is InChI=1S/C19H23N5O6S3/c1-7-10(9-4-5-29-19(2,3)30-9)13(17(27)31)24-15(26)12(16(24)33-7)22-14(25)11(23-28)8-6-32-18(20)21-8/h6-7,9,12,16,28H,4-5H2,1-3H3,(H2,20,21)(H,22,25)(H,27,31)/b23-11-/t7?,9?,12?,16-/m1/s1. The van der Waals surface area contributed by atoms with Gasteiger partial charge in [0.15, 0.2) is 16.6 Å². The van der Waals surface area contributed by atoms with Gasteiger partial charge in [0, 0.05) is 17.1 Å². The molecule has 1 aromatic rings. The summed E-state index contributed by atoms with van der Waals surface area (Å²) in [7, 11) is 0. The maximum Gasteiger partial charge on any atom is 0.276 e. The van der Waals surface area contributed by atoms with Crippen LogP contribution in [0.15, 0.2) is 21.8 Å². The Morgan fingerprint density at radius 2 is 2.18 bits per heavy atom. The number of oxime groups is 1. The Labute approximate surface area is 203 Å². The molecule has 3 unspecified atom stereocenters. The molecule has 0 spiro atoms. The third-order valence-corrected chi connectivity index (χ3v) is 7.82. The van der Waals surface area contributed by atoms with E-state index in [1.165, 1.54) is 22.0 Å². The van der Waals surface area contributed by atoms with Crippen LogP contribution >= 0.6 is 35.7 Å². The lowest BCUT2D eigenvalue weighted by molar-refractivity contribution is -0.265. The Balaban J connectivity index is 1.58. The van der Waals surface area contributed by atoms with Gasteiger partial charge in [0.1, 0.15) is 22.8 Å². The van der Waals surface area contributed by atoms with Crippen molar-refractivity contribution >= 4 is 63.5 Å². The summed E-state index contributed by atoms with van der Waals surface area (Å²) in [6.07, 6.45) is 0.127. The number of hydrogen-bond acceptors (Lipinski definition) is 11. The van der Waals surface area contributed by atoms with Crippen molar-refractivity contribution in [2.24, 2.45) is 5.16 Å². The molecule has 4 atom stereocenters. The third kappa shape index (κ3) is 4.37. The number of nitrogens with two attached hydrogens (primary N) is 1. The minimum atomic E-state index is -0.922. The van der Waals surface area contributed by atoms with E-state index in [4.69, 9.17) is 15.2 Å². The van der Waals surface area contributed by atoms with Crippen molar-refractivity contribution in [3.05, 3.63) is 22.3 Å². The third-order valence-electron chi connectivity index (χ3n) is 5.51. The lowest BCUT2D eigenvalue weighted by Crippen LogP contribution is -2.71. The van der Waals surface area contributed by atoms with Crippen LogP contribution in [-0.2, 0) is 23.9 Å². The van der Waals surface area contributed by atoms with E-state index in [-0.39, 0.29) is 27.5 Å². The van der Waals surface area contributed by atoms with Gasteiger partial charge in [-0.1, -0.05) is 17.8 Å². The zero-order valence-corrected chi connectivity index (χ0v) is 20.5. The van der Waals surface area contributed by atoms with E-state index >= 15 is 0 Å². The molecule has 0 radical (unpaired) electrons. The molecular formula is C19H23N5O6S3. The number of thiol groups is 1. The first-order valence-corrected chi connectivity index (χ1v) is 12.3. The highest BCUT2D eigenvalue weighted by Crippen LogP contribution is 2.47. The summed E-state index contributed by atoms with van der Waals surface area (Å²) < 4.78 is 11.7. The number of nitrogens with zero attached hydrogens (tertiary/aromatic N) is 3. The molecular weight excluding hydrogens is 490 g/mol. The summed E-state index contributed by atoms with van der Waals surface area (Å²) >= 11 is 6.53. The van der Waals surface area contributed by atoms with Gasteiger partial charge >= 0.3 is 0 Å². The fraction of sp³-hybridized carbons (Fsp3) is 0.526. The number of anilines is 1. The monoisotopic (exact) mass is 513 g/mol. The molecule has 1 aromatic heterocycles. The predicted octanol–water partition coefficient (Wildman–Crippen LogP) is 0.944. The number of aromatic nitrogens is 1. The Hall–Kier alpha value is -2.13.